The molecule has 0 saturated heterocycles. The molecule has 0 fully saturated rings. The lowest BCUT2D eigenvalue weighted by molar-refractivity contribution is -0.385. The number of nitrogens with zero attached hydrogens (tertiary/aromatic N) is 1. The lowest BCUT2D eigenvalue weighted by Gasteiger charge is -2.10. The highest BCUT2D eigenvalue weighted by Gasteiger charge is 2.20. The summed E-state index contributed by atoms with van der Waals surface area (Å²) in [5.74, 6) is 0.406. The van der Waals surface area contributed by atoms with Crippen molar-refractivity contribution >= 4 is 15.7 Å². The minimum atomic E-state index is -3.83. The van der Waals surface area contributed by atoms with Crippen molar-refractivity contribution in [3.05, 3.63) is 69.3 Å². The van der Waals surface area contributed by atoms with Gasteiger partial charge in [0.25, 0.3) is 5.69 Å². The molecule has 128 valence electrons. The Morgan fingerprint density at radius 1 is 1.12 bits per heavy atom. The molecule has 0 heterocycles. The zero-order valence-electron chi connectivity index (χ0n) is 13.8. The van der Waals surface area contributed by atoms with Crippen LogP contribution >= 0.6 is 0 Å². The predicted molar refractivity (Wildman–Crippen MR) is 92.4 cm³/mol. The molecule has 0 aromatic heterocycles. The Labute approximate surface area is 141 Å². The molecule has 0 aliphatic heterocycles. The molecule has 2 rings (SSSR count). The van der Waals surface area contributed by atoms with Crippen LogP contribution in [0, 0.1) is 17.0 Å². The molecule has 0 radical (unpaired) electrons. The van der Waals surface area contributed by atoms with Crippen molar-refractivity contribution < 1.29 is 13.3 Å². The molecule has 0 bridgehead atoms. The summed E-state index contributed by atoms with van der Waals surface area (Å²) >= 11 is 0. The number of aryl methyl sites for hydroxylation is 1. The summed E-state index contributed by atoms with van der Waals surface area (Å²) in [5, 5.41) is 10.8. The summed E-state index contributed by atoms with van der Waals surface area (Å²) in [5.41, 5.74) is 2.22. The average molecular weight is 348 g/mol. The molecule has 2 aromatic rings. The van der Waals surface area contributed by atoms with Crippen molar-refractivity contribution in [3.63, 3.8) is 0 Å². The van der Waals surface area contributed by atoms with Gasteiger partial charge >= 0.3 is 0 Å². The van der Waals surface area contributed by atoms with Crippen LogP contribution in [0.5, 0.6) is 0 Å². The van der Waals surface area contributed by atoms with Gasteiger partial charge < -0.3 is 0 Å². The van der Waals surface area contributed by atoms with Crippen LogP contribution in [-0.4, -0.2) is 13.3 Å². The quantitative estimate of drug-likeness (QED) is 0.639. The second kappa shape index (κ2) is 7.11. The number of sulfonamides is 1. The third kappa shape index (κ3) is 4.18. The topological polar surface area (TPSA) is 89.3 Å². The third-order valence-corrected chi connectivity index (χ3v) is 5.33. The van der Waals surface area contributed by atoms with E-state index in [0.29, 0.717) is 11.5 Å². The van der Waals surface area contributed by atoms with Crippen molar-refractivity contribution in [2.24, 2.45) is 0 Å². The number of hydrogen-bond acceptors (Lipinski definition) is 4. The third-order valence-electron chi connectivity index (χ3n) is 3.78. The summed E-state index contributed by atoms with van der Waals surface area (Å²) in [7, 11) is -3.83. The monoisotopic (exact) mass is 348 g/mol. The highest BCUT2D eigenvalue weighted by Crippen LogP contribution is 2.22. The van der Waals surface area contributed by atoms with Gasteiger partial charge in [0, 0.05) is 18.7 Å². The van der Waals surface area contributed by atoms with Gasteiger partial charge in [-0.15, -0.1) is 0 Å². The van der Waals surface area contributed by atoms with E-state index in [2.05, 4.69) is 18.6 Å². The fourth-order valence-electron chi connectivity index (χ4n) is 2.27. The molecule has 7 heteroatoms. The first-order valence-corrected chi connectivity index (χ1v) is 9.02. The second-order valence-electron chi connectivity index (χ2n) is 5.93. The minimum absolute atomic E-state index is 0.0736. The Morgan fingerprint density at radius 2 is 1.75 bits per heavy atom. The molecule has 6 nitrogen and oxygen atoms in total. The number of nitro benzene ring substituents is 1. The van der Waals surface area contributed by atoms with Gasteiger partial charge in [-0.25, -0.2) is 13.1 Å². The van der Waals surface area contributed by atoms with Crippen molar-refractivity contribution in [3.8, 4) is 0 Å². The van der Waals surface area contributed by atoms with E-state index < -0.39 is 14.9 Å². The molecule has 1 N–H and O–H groups in total. The van der Waals surface area contributed by atoms with Gasteiger partial charge in [0.05, 0.1) is 9.82 Å². The van der Waals surface area contributed by atoms with Gasteiger partial charge in [0.1, 0.15) is 0 Å². The van der Waals surface area contributed by atoms with E-state index in [1.54, 1.807) is 6.92 Å². The van der Waals surface area contributed by atoms with Crippen molar-refractivity contribution in [2.45, 2.75) is 38.1 Å². The van der Waals surface area contributed by atoms with Crippen LogP contribution in [0.25, 0.3) is 0 Å². The van der Waals surface area contributed by atoms with Crippen LogP contribution in [-0.2, 0) is 16.6 Å². The Balaban J connectivity index is 2.19. The van der Waals surface area contributed by atoms with Gasteiger partial charge in [-0.2, -0.15) is 0 Å². The first-order valence-electron chi connectivity index (χ1n) is 7.54. The van der Waals surface area contributed by atoms with Crippen molar-refractivity contribution in [1.29, 1.82) is 0 Å². The maximum absolute atomic E-state index is 12.4. The van der Waals surface area contributed by atoms with E-state index in [1.807, 2.05) is 24.3 Å². The summed E-state index contributed by atoms with van der Waals surface area (Å²) in [6.07, 6.45) is 0. The Hall–Kier alpha value is -2.25. The first-order chi connectivity index (χ1) is 11.2. The standard InChI is InChI=1S/C17H20N2O4S/c1-12(2)15-7-5-14(6-8-15)11-18-24(22,23)17-10-16(19(20)21)9-4-13(17)3/h4-10,12,18H,11H2,1-3H3. The van der Waals surface area contributed by atoms with Crippen LogP contribution in [0.15, 0.2) is 47.4 Å². The fourth-order valence-corrected chi connectivity index (χ4v) is 3.55. The normalized spacial score (nSPS) is 11.7. The van der Waals surface area contributed by atoms with E-state index in [4.69, 9.17) is 0 Å². The second-order valence-corrected chi connectivity index (χ2v) is 7.66. The molecule has 0 saturated carbocycles. The summed E-state index contributed by atoms with van der Waals surface area (Å²) in [6, 6.07) is 11.5. The smallest absolute Gasteiger partial charge is 0.258 e. The molecule has 0 amide bonds. The summed E-state index contributed by atoms with van der Waals surface area (Å²) in [6.45, 7) is 5.91. The summed E-state index contributed by atoms with van der Waals surface area (Å²) in [4.78, 5) is 10.2. The van der Waals surface area contributed by atoms with E-state index in [-0.39, 0.29) is 17.1 Å². The van der Waals surface area contributed by atoms with Gasteiger partial charge in [-0.3, -0.25) is 10.1 Å². The number of nitro groups is 1. The van der Waals surface area contributed by atoms with Crippen LogP contribution in [0.4, 0.5) is 5.69 Å². The van der Waals surface area contributed by atoms with Gasteiger partial charge in [-0.1, -0.05) is 44.2 Å². The maximum Gasteiger partial charge on any atom is 0.270 e. The highest BCUT2D eigenvalue weighted by atomic mass is 32.2. The number of hydrogen-bond donors (Lipinski definition) is 1. The maximum atomic E-state index is 12.4. The number of non-ortho nitro benzene ring substituents is 1. The molecule has 0 spiro atoms. The lowest BCUT2D eigenvalue weighted by Crippen LogP contribution is -2.24. The number of nitrogens with one attached hydrogen (secondary N) is 1. The molecule has 2 aromatic carbocycles. The lowest BCUT2D eigenvalue weighted by atomic mass is 10.0. The van der Waals surface area contributed by atoms with Crippen LogP contribution in [0.3, 0.4) is 0 Å². The van der Waals surface area contributed by atoms with Crippen LogP contribution in [0.1, 0.15) is 36.5 Å². The van der Waals surface area contributed by atoms with Crippen LogP contribution < -0.4 is 4.72 Å². The van der Waals surface area contributed by atoms with Gasteiger partial charge in [-0.05, 0) is 29.5 Å². The molecule has 24 heavy (non-hydrogen) atoms. The highest BCUT2D eigenvalue weighted by molar-refractivity contribution is 7.89. The number of rotatable bonds is 6. The molecular weight excluding hydrogens is 328 g/mol. The Bertz CT molecular complexity index is 843. The largest absolute Gasteiger partial charge is 0.270 e. The van der Waals surface area contributed by atoms with Gasteiger partial charge in [0.2, 0.25) is 10.0 Å². The minimum Gasteiger partial charge on any atom is -0.258 e. The molecule has 0 aliphatic carbocycles. The van der Waals surface area contributed by atoms with Gasteiger partial charge in [0.15, 0.2) is 0 Å². The zero-order valence-corrected chi connectivity index (χ0v) is 14.6. The predicted octanol–water partition coefficient (Wildman–Crippen LogP) is 3.51. The molecule has 0 aliphatic rings. The number of benzene rings is 2. The van der Waals surface area contributed by atoms with Crippen molar-refractivity contribution in [1.82, 2.24) is 4.72 Å². The van der Waals surface area contributed by atoms with E-state index in [9.17, 15) is 18.5 Å². The average Bonchev–Trinajstić information content (AvgIpc) is 2.53. The van der Waals surface area contributed by atoms with Crippen molar-refractivity contribution in [2.75, 3.05) is 0 Å². The fraction of sp³-hybridized carbons (Fsp3) is 0.294. The Kier molecular flexibility index (Phi) is 5.36. The summed E-state index contributed by atoms with van der Waals surface area (Å²) < 4.78 is 27.4. The first kappa shape index (κ1) is 18.1. The molecule has 0 unspecified atom stereocenters. The molecule has 0 atom stereocenters. The van der Waals surface area contributed by atoms with Crippen LogP contribution in [0.2, 0.25) is 0 Å². The SMILES string of the molecule is Cc1ccc([N+](=O)[O-])cc1S(=O)(=O)NCc1ccc(C(C)C)cc1. The van der Waals surface area contributed by atoms with E-state index in [0.717, 1.165) is 11.6 Å². The molecular formula is C17H20N2O4S. The van der Waals surface area contributed by atoms with E-state index >= 15 is 0 Å². The van der Waals surface area contributed by atoms with E-state index in [1.165, 1.54) is 17.7 Å². The zero-order chi connectivity index (χ0) is 17.9. The Morgan fingerprint density at radius 3 is 2.29 bits per heavy atom.